The highest BCUT2D eigenvalue weighted by molar-refractivity contribution is 7.92. The van der Waals surface area contributed by atoms with Crippen molar-refractivity contribution < 1.29 is 27.7 Å². The lowest BCUT2D eigenvalue weighted by atomic mass is 10.1. The van der Waals surface area contributed by atoms with Crippen LogP contribution in [0.1, 0.15) is 32.3 Å². The number of non-ortho nitro benzene ring substituents is 1. The highest BCUT2D eigenvalue weighted by Crippen LogP contribution is 2.28. The van der Waals surface area contributed by atoms with Gasteiger partial charge in [0.2, 0.25) is 11.8 Å². The van der Waals surface area contributed by atoms with Gasteiger partial charge in [0.05, 0.1) is 22.6 Å². The van der Waals surface area contributed by atoms with Crippen LogP contribution in [0.5, 0.6) is 5.75 Å². The number of carbonyl (C=O) groups excluding carboxylic acids is 2. The Labute approximate surface area is 239 Å². The molecule has 41 heavy (non-hydrogen) atoms. The first kappa shape index (κ1) is 31.1. The second kappa shape index (κ2) is 14.3. The van der Waals surface area contributed by atoms with E-state index in [4.69, 9.17) is 4.74 Å². The van der Waals surface area contributed by atoms with Gasteiger partial charge >= 0.3 is 0 Å². The van der Waals surface area contributed by atoms with E-state index < -0.39 is 33.4 Å². The number of nitrogens with one attached hydrogen (secondary N) is 1. The van der Waals surface area contributed by atoms with Crippen LogP contribution in [0.15, 0.2) is 83.8 Å². The molecule has 218 valence electrons. The van der Waals surface area contributed by atoms with Crippen molar-refractivity contribution in [2.45, 2.75) is 44.2 Å². The number of anilines is 1. The SMILES string of the molecule is CCCNC(=O)[C@H](CC)N(Cc1cccc(OC)c1)C(=O)CN(c1cccc([N+](=O)[O-])c1)S(=O)(=O)c1ccccc1. The van der Waals surface area contributed by atoms with Crippen LogP contribution in [-0.2, 0) is 26.2 Å². The maximum absolute atomic E-state index is 14.0. The van der Waals surface area contributed by atoms with Crippen molar-refractivity contribution in [2.75, 3.05) is 24.5 Å². The second-order valence-electron chi connectivity index (χ2n) is 9.19. The average molecular weight is 583 g/mol. The average Bonchev–Trinajstić information content (AvgIpc) is 2.99. The molecule has 11 nitrogen and oxygen atoms in total. The van der Waals surface area contributed by atoms with Crippen LogP contribution in [0.25, 0.3) is 0 Å². The van der Waals surface area contributed by atoms with Gasteiger partial charge in [-0.3, -0.25) is 24.0 Å². The van der Waals surface area contributed by atoms with Crippen molar-refractivity contribution in [3.63, 3.8) is 0 Å². The van der Waals surface area contributed by atoms with Gasteiger partial charge in [-0.1, -0.05) is 50.2 Å². The van der Waals surface area contributed by atoms with E-state index in [1.54, 1.807) is 49.4 Å². The molecule has 0 fully saturated rings. The molecule has 0 unspecified atom stereocenters. The molecule has 0 bridgehead atoms. The third-order valence-electron chi connectivity index (χ3n) is 6.36. The number of hydrogen-bond acceptors (Lipinski definition) is 7. The predicted octanol–water partition coefficient (Wildman–Crippen LogP) is 4.13. The van der Waals surface area contributed by atoms with Crippen LogP contribution < -0.4 is 14.4 Å². The lowest BCUT2D eigenvalue weighted by Gasteiger charge is -2.33. The lowest BCUT2D eigenvalue weighted by Crippen LogP contribution is -2.52. The van der Waals surface area contributed by atoms with E-state index >= 15 is 0 Å². The second-order valence-corrected chi connectivity index (χ2v) is 11.1. The Morgan fingerprint density at radius 1 is 1.00 bits per heavy atom. The molecule has 0 aromatic heterocycles. The maximum Gasteiger partial charge on any atom is 0.271 e. The largest absolute Gasteiger partial charge is 0.497 e. The number of amides is 2. The smallest absolute Gasteiger partial charge is 0.271 e. The number of rotatable bonds is 14. The highest BCUT2D eigenvalue weighted by Gasteiger charge is 2.34. The first-order valence-electron chi connectivity index (χ1n) is 13.1. The van der Waals surface area contributed by atoms with E-state index in [9.17, 15) is 28.1 Å². The Morgan fingerprint density at radius 2 is 1.71 bits per heavy atom. The number of nitro groups is 1. The van der Waals surface area contributed by atoms with E-state index in [0.29, 0.717) is 24.3 Å². The molecule has 3 rings (SSSR count). The molecule has 0 saturated carbocycles. The van der Waals surface area contributed by atoms with E-state index in [0.717, 1.165) is 10.4 Å². The zero-order valence-electron chi connectivity index (χ0n) is 23.2. The van der Waals surface area contributed by atoms with Crippen LogP contribution in [-0.4, -0.2) is 56.3 Å². The number of methoxy groups -OCH3 is 1. The van der Waals surface area contributed by atoms with Gasteiger partial charge in [-0.05, 0) is 48.7 Å². The Morgan fingerprint density at radius 3 is 2.34 bits per heavy atom. The zero-order valence-corrected chi connectivity index (χ0v) is 24.0. The van der Waals surface area contributed by atoms with Crippen molar-refractivity contribution >= 4 is 33.2 Å². The molecule has 12 heteroatoms. The fourth-order valence-corrected chi connectivity index (χ4v) is 5.69. The van der Waals surface area contributed by atoms with Crippen molar-refractivity contribution in [3.05, 3.63) is 94.5 Å². The summed E-state index contributed by atoms with van der Waals surface area (Å²) in [6.07, 6.45) is 0.968. The number of carbonyl (C=O) groups is 2. The standard InChI is InChI=1S/C29H34N4O7S/c1-4-17-30-29(35)27(5-2)31(20-22-11-9-14-25(18-22)40-3)28(34)21-32(23-12-10-13-24(19-23)33(36)37)41(38,39)26-15-7-6-8-16-26/h6-16,18-19,27H,4-5,17,20-21H2,1-3H3,(H,30,35)/t27-/m0/s1. The first-order valence-corrected chi connectivity index (χ1v) is 14.6. The summed E-state index contributed by atoms with van der Waals surface area (Å²) in [6, 6.07) is 18.7. The van der Waals surface area contributed by atoms with Gasteiger partial charge in [-0.25, -0.2) is 8.42 Å². The topological polar surface area (TPSA) is 139 Å². The summed E-state index contributed by atoms with van der Waals surface area (Å²) in [4.78, 5) is 39.3. The minimum atomic E-state index is -4.33. The summed E-state index contributed by atoms with van der Waals surface area (Å²) in [6.45, 7) is 3.40. The van der Waals surface area contributed by atoms with Crippen LogP contribution >= 0.6 is 0 Å². The van der Waals surface area contributed by atoms with Gasteiger partial charge in [0, 0.05) is 25.2 Å². The van der Waals surface area contributed by atoms with Gasteiger partial charge in [0.15, 0.2) is 0 Å². The number of hydrogen-bond donors (Lipinski definition) is 1. The van der Waals surface area contributed by atoms with Crippen LogP contribution in [0.4, 0.5) is 11.4 Å². The number of nitro benzene ring substituents is 1. The number of benzene rings is 3. The minimum Gasteiger partial charge on any atom is -0.497 e. The molecule has 0 aliphatic carbocycles. The Balaban J connectivity index is 2.09. The van der Waals surface area contributed by atoms with E-state index in [2.05, 4.69) is 5.32 Å². The highest BCUT2D eigenvalue weighted by atomic mass is 32.2. The summed E-state index contributed by atoms with van der Waals surface area (Å²) >= 11 is 0. The molecular formula is C29H34N4O7S. The monoisotopic (exact) mass is 582 g/mol. The van der Waals surface area contributed by atoms with Crippen molar-refractivity contribution in [2.24, 2.45) is 0 Å². The van der Waals surface area contributed by atoms with Crippen molar-refractivity contribution in [3.8, 4) is 5.75 Å². The molecule has 3 aromatic carbocycles. The molecule has 0 heterocycles. The first-order chi connectivity index (χ1) is 19.6. The number of nitrogens with zero attached hydrogens (tertiary/aromatic N) is 3. The van der Waals surface area contributed by atoms with Gasteiger partial charge in [-0.2, -0.15) is 0 Å². The molecule has 2 amide bonds. The Hall–Kier alpha value is -4.45. The van der Waals surface area contributed by atoms with E-state index in [-0.39, 0.29) is 35.1 Å². The van der Waals surface area contributed by atoms with E-state index in [1.165, 1.54) is 42.3 Å². The molecule has 1 N–H and O–H groups in total. The van der Waals surface area contributed by atoms with Crippen molar-refractivity contribution in [1.29, 1.82) is 0 Å². The Kier molecular flexibility index (Phi) is 10.8. The third-order valence-corrected chi connectivity index (χ3v) is 8.15. The van der Waals surface area contributed by atoms with Crippen LogP contribution in [0.2, 0.25) is 0 Å². The molecule has 0 aliphatic heterocycles. The minimum absolute atomic E-state index is 0.00223. The summed E-state index contributed by atoms with van der Waals surface area (Å²) < 4.78 is 33.8. The molecule has 0 radical (unpaired) electrons. The summed E-state index contributed by atoms with van der Waals surface area (Å²) in [7, 11) is -2.82. The number of ether oxygens (including phenoxy) is 1. The molecule has 0 saturated heterocycles. The van der Waals surface area contributed by atoms with Gasteiger partial charge < -0.3 is 15.0 Å². The lowest BCUT2D eigenvalue weighted by molar-refractivity contribution is -0.384. The molecule has 0 aliphatic rings. The Bertz CT molecular complexity index is 1460. The number of sulfonamides is 1. The zero-order chi connectivity index (χ0) is 30.0. The predicted molar refractivity (Wildman–Crippen MR) is 155 cm³/mol. The summed E-state index contributed by atoms with van der Waals surface area (Å²) in [5, 5.41) is 14.3. The third kappa shape index (κ3) is 7.82. The van der Waals surface area contributed by atoms with Gasteiger partial charge in [-0.15, -0.1) is 0 Å². The van der Waals surface area contributed by atoms with Crippen LogP contribution in [0, 0.1) is 10.1 Å². The van der Waals surface area contributed by atoms with E-state index in [1.807, 2.05) is 6.92 Å². The van der Waals surface area contributed by atoms with Gasteiger partial charge in [0.1, 0.15) is 18.3 Å². The summed E-state index contributed by atoms with van der Waals surface area (Å²) in [5.41, 5.74) is 0.287. The normalized spacial score (nSPS) is 11.8. The molecule has 3 aromatic rings. The molecule has 0 spiro atoms. The quantitative estimate of drug-likeness (QED) is 0.223. The summed E-state index contributed by atoms with van der Waals surface area (Å²) in [5.74, 6) is -0.459. The van der Waals surface area contributed by atoms with Crippen LogP contribution in [0.3, 0.4) is 0 Å². The maximum atomic E-state index is 14.0. The molecule has 1 atom stereocenters. The van der Waals surface area contributed by atoms with Gasteiger partial charge in [0.25, 0.3) is 15.7 Å². The fraction of sp³-hybridized carbons (Fsp3) is 0.310. The molecular weight excluding hydrogens is 548 g/mol. The van der Waals surface area contributed by atoms with Crippen molar-refractivity contribution in [1.82, 2.24) is 10.2 Å². The fourth-order valence-electron chi connectivity index (χ4n) is 4.26.